The van der Waals surface area contributed by atoms with Gasteiger partial charge in [-0.3, -0.25) is 9.89 Å². The topological polar surface area (TPSA) is 76.2 Å². The van der Waals surface area contributed by atoms with E-state index in [1.54, 1.807) is 20.4 Å². The molecule has 0 aliphatic carbocycles. The second kappa shape index (κ2) is 7.74. The van der Waals surface area contributed by atoms with Crippen molar-refractivity contribution in [2.45, 2.75) is 13.5 Å². The van der Waals surface area contributed by atoms with Crippen molar-refractivity contribution in [2.24, 2.45) is 0 Å². The molecular weight excluding hydrogens is 330 g/mol. The van der Waals surface area contributed by atoms with Crippen LogP contribution in [0.5, 0.6) is 11.5 Å². The van der Waals surface area contributed by atoms with Crippen LogP contribution in [-0.4, -0.2) is 30.3 Å². The molecule has 0 spiro atoms. The van der Waals surface area contributed by atoms with Gasteiger partial charge in [-0.15, -0.1) is 0 Å². The molecule has 6 nitrogen and oxygen atoms in total. The van der Waals surface area contributed by atoms with Gasteiger partial charge in [0, 0.05) is 12.1 Å². The summed E-state index contributed by atoms with van der Waals surface area (Å²) in [6.07, 6.45) is 1.54. The number of carbonyl (C=O) groups excluding carboxylic acids is 1. The number of hydrogen-bond donors (Lipinski definition) is 2. The number of nitrogens with one attached hydrogen (secondary N) is 2. The quantitative estimate of drug-likeness (QED) is 0.714. The van der Waals surface area contributed by atoms with Crippen LogP contribution < -0.4 is 14.8 Å². The molecule has 0 radical (unpaired) electrons. The zero-order valence-corrected chi connectivity index (χ0v) is 15.0. The third-order valence-corrected chi connectivity index (χ3v) is 4.13. The van der Waals surface area contributed by atoms with E-state index in [0.717, 1.165) is 16.7 Å². The number of amides is 1. The average Bonchev–Trinajstić information content (AvgIpc) is 3.16. The maximum Gasteiger partial charge on any atom is 0.255 e. The number of nitrogens with zero attached hydrogens (tertiary/aromatic N) is 1. The molecule has 0 aliphatic rings. The van der Waals surface area contributed by atoms with Crippen molar-refractivity contribution in [3.05, 3.63) is 65.4 Å². The predicted octanol–water partition coefficient (Wildman–Crippen LogP) is 3.33. The van der Waals surface area contributed by atoms with E-state index in [-0.39, 0.29) is 5.91 Å². The van der Waals surface area contributed by atoms with Crippen LogP contribution in [0.3, 0.4) is 0 Å². The van der Waals surface area contributed by atoms with Gasteiger partial charge in [-0.2, -0.15) is 5.10 Å². The van der Waals surface area contributed by atoms with Gasteiger partial charge in [0.2, 0.25) is 0 Å². The number of carbonyl (C=O) groups is 1. The second-order valence-electron chi connectivity index (χ2n) is 5.90. The Morgan fingerprint density at radius 2 is 1.81 bits per heavy atom. The molecule has 0 atom stereocenters. The third kappa shape index (κ3) is 3.69. The second-order valence-corrected chi connectivity index (χ2v) is 5.90. The number of ether oxygens (including phenoxy) is 2. The largest absolute Gasteiger partial charge is 0.493 e. The summed E-state index contributed by atoms with van der Waals surface area (Å²) in [5, 5.41) is 9.85. The van der Waals surface area contributed by atoms with Crippen LogP contribution in [0.2, 0.25) is 0 Å². The molecule has 0 saturated carbocycles. The molecule has 3 rings (SSSR count). The normalized spacial score (nSPS) is 10.4. The van der Waals surface area contributed by atoms with E-state index in [9.17, 15) is 4.79 Å². The van der Waals surface area contributed by atoms with Crippen LogP contribution in [0.15, 0.2) is 48.7 Å². The lowest BCUT2D eigenvalue weighted by Crippen LogP contribution is -2.23. The first kappa shape index (κ1) is 17.5. The molecule has 0 aliphatic heterocycles. The molecule has 1 heterocycles. The lowest BCUT2D eigenvalue weighted by atomic mass is 10.1. The molecule has 134 valence electrons. The van der Waals surface area contributed by atoms with E-state index in [1.807, 2.05) is 49.4 Å². The molecule has 2 aromatic carbocycles. The molecule has 26 heavy (non-hydrogen) atoms. The molecule has 2 N–H and O–H groups in total. The van der Waals surface area contributed by atoms with Crippen LogP contribution >= 0.6 is 0 Å². The molecule has 6 heteroatoms. The zero-order chi connectivity index (χ0) is 18.5. The lowest BCUT2D eigenvalue weighted by Gasteiger charge is -2.10. The summed E-state index contributed by atoms with van der Waals surface area (Å²) < 4.78 is 10.5. The van der Waals surface area contributed by atoms with E-state index < -0.39 is 0 Å². The fourth-order valence-electron chi connectivity index (χ4n) is 2.67. The predicted molar refractivity (Wildman–Crippen MR) is 99.5 cm³/mol. The van der Waals surface area contributed by atoms with Gasteiger partial charge in [-0.05, 0) is 24.6 Å². The number of hydrogen-bond acceptors (Lipinski definition) is 4. The highest BCUT2D eigenvalue weighted by Gasteiger charge is 2.15. The van der Waals surface area contributed by atoms with Crippen LogP contribution in [0, 0.1) is 6.92 Å². The first-order chi connectivity index (χ1) is 12.6. The highest BCUT2D eigenvalue weighted by Crippen LogP contribution is 2.27. The van der Waals surface area contributed by atoms with E-state index in [0.29, 0.717) is 29.3 Å². The highest BCUT2D eigenvalue weighted by molar-refractivity contribution is 5.99. The van der Waals surface area contributed by atoms with Gasteiger partial charge in [0.1, 0.15) is 0 Å². The van der Waals surface area contributed by atoms with Crippen LogP contribution in [0.4, 0.5) is 0 Å². The lowest BCUT2D eigenvalue weighted by molar-refractivity contribution is 0.0951. The Hall–Kier alpha value is -3.28. The van der Waals surface area contributed by atoms with Gasteiger partial charge in [0.05, 0.1) is 31.7 Å². The smallest absolute Gasteiger partial charge is 0.255 e. The number of aromatic nitrogens is 2. The summed E-state index contributed by atoms with van der Waals surface area (Å²) >= 11 is 0. The molecule has 0 bridgehead atoms. The maximum atomic E-state index is 12.6. The molecule has 0 saturated heterocycles. The van der Waals surface area contributed by atoms with Gasteiger partial charge in [0.25, 0.3) is 5.91 Å². The Morgan fingerprint density at radius 3 is 2.50 bits per heavy atom. The summed E-state index contributed by atoms with van der Waals surface area (Å²) in [4.78, 5) is 12.6. The number of rotatable bonds is 6. The van der Waals surface area contributed by atoms with Gasteiger partial charge in [0.15, 0.2) is 11.5 Å². The number of methoxy groups -OCH3 is 2. The summed E-state index contributed by atoms with van der Waals surface area (Å²) in [5.41, 5.74) is 4.21. The van der Waals surface area contributed by atoms with Crippen molar-refractivity contribution >= 4 is 5.91 Å². The first-order valence-corrected chi connectivity index (χ1v) is 8.22. The van der Waals surface area contributed by atoms with Crippen LogP contribution in [0.1, 0.15) is 21.5 Å². The van der Waals surface area contributed by atoms with Gasteiger partial charge in [-0.1, -0.05) is 35.9 Å². The maximum absolute atomic E-state index is 12.6. The monoisotopic (exact) mass is 351 g/mol. The van der Waals surface area contributed by atoms with Crippen LogP contribution in [-0.2, 0) is 6.54 Å². The Bertz CT molecular complexity index is 901. The SMILES string of the molecule is COc1ccc(CNC(=O)c2cn[nH]c2-c2ccc(C)cc2)cc1OC. The molecule has 0 fully saturated rings. The van der Waals surface area contributed by atoms with Crippen molar-refractivity contribution in [2.75, 3.05) is 14.2 Å². The van der Waals surface area contributed by atoms with Gasteiger partial charge in [-0.25, -0.2) is 0 Å². The molecule has 3 aromatic rings. The van der Waals surface area contributed by atoms with E-state index in [2.05, 4.69) is 15.5 Å². The van der Waals surface area contributed by atoms with Crippen molar-refractivity contribution < 1.29 is 14.3 Å². The Kier molecular flexibility index (Phi) is 5.22. The standard InChI is InChI=1S/C20H21N3O3/c1-13-4-7-15(8-5-13)19-16(12-22-23-19)20(24)21-11-14-6-9-17(25-2)18(10-14)26-3/h4-10,12H,11H2,1-3H3,(H,21,24)(H,22,23). The fraction of sp³-hybridized carbons (Fsp3) is 0.200. The summed E-state index contributed by atoms with van der Waals surface area (Å²) in [7, 11) is 3.17. The van der Waals surface area contributed by atoms with E-state index in [4.69, 9.17) is 9.47 Å². The van der Waals surface area contributed by atoms with Gasteiger partial charge >= 0.3 is 0 Å². The van der Waals surface area contributed by atoms with E-state index in [1.165, 1.54) is 0 Å². The van der Waals surface area contributed by atoms with Crippen molar-refractivity contribution in [3.63, 3.8) is 0 Å². The Balaban J connectivity index is 1.74. The summed E-state index contributed by atoms with van der Waals surface area (Å²) in [6, 6.07) is 13.5. The molecular formula is C20H21N3O3. The number of aromatic amines is 1. The summed E-state index contributed by atoms with van der Waals surface area (Å²) in [5.74, 6) is 1.09. The van der Waals surface area contributed by atoms with Gasteiger partial charge < -0.3 is 14.8 Å². The average molecular weight is 351 g/mol. The van der Waals surface area contributed by atoms with Crippen molar-refractivity contribution in [1.29, 1.82) is 0 Å². The first-order valence-electron chi connectivity index (χ1n) is 8.22. The molecule has 0 unspecified atom stereocenters. The van der Waals surface area contributed by atoms with Crippen LogP contribution in [0.25, 0.3) is 11.3 Å². The minimum atomic E-state index is -0.191. The minimum Gasteiger partial charge on any atom is -0.493 e. The number of aryl methyl sites for hydroxylation is 1. The number of benzene rings is 2. The third-order valence-electron chi connectivity index (χ3n) is 4.13. The Morgan fingerprint density at radius 1 is 1.08 bits per heavy atom. The molecule has 1 amide bonds. The zero-order valence-electron chi connectivity index (χ0n) is 15.0. The summed E-state index contributed by atoms with van der Waals surface area (Å²) in [6.45, 7) is 2.39. The Labute approximate surface area is 152 Å². The molecule has 1 aromatic heterocycles. The van der Waals surface area contributed by atoms with Crippen molar-refractivity contribution in [3.8, 4) is 22.8 Å². The van der Waals surface area contributed by atoms with Crippen molar-refractivity contribution in [1.82, 2.24) is 15.5 Å². The van der Waals surface area contributed by atoms with E-state index >= 15 is 0 Å². The highest BCUT2D eigenvalue weighted by atomic mass is 16.5. The number of H-pyrrole nitrogens is 1. The minimum absolute atomic E-state index is 0.191. The fourth-order valence-corrected chi connectivity index (χ4v) is 2.67.